The van der Waals surface area contributed by atoms with Crippen LogP contribution in [0.1, 0.15) is 64.5 Å². The first kappa shape index (κ1) is 23.5. The molecule has 0 aliphatic carbocycles. The van der Waals surface area contributed by atoms with Gasteiger partial charge in [0.2, 0.25) is 0 Å². The van der Waals surface area contributed by atoms with Crippen LogP contribution in [0.25, 0.3) is 0 Å². The normalized spacial score (nSPS) is 16.6. The fourth-order valence-corrected chi connectivity index (χ4v) is 2.87. The van der Waals surface area contributed by atoms with E-state index in [9.17, 15) is 4.79 Å². The minimum Gasteiger partial charge on any atom is -0.493 e. The van der Waals surface area contributed by atoms with Crippen molar-refractivity contribution in [1.29, 1.82) is 0 Å². The lowest BCUT2D eigenvalue weighted by molar-refractivity contribution is -0.154. The Bertz CT molecular complexity index is 629. The van der Waals surface area contributed by atoms with Crippen LogP contribution in [-0.2, 0) is 9.53 Å². The molecular formula is C20H32IN3O3. The highest BCUT2D eigenvalue weighted by Gasteiger charge is 2.21. The molecule has 7 heteroatoms. The highest BCUT2D eigenvalue weighted by Crippen LogP contribution is 2.31. The summed E-state index contributed by atoms with van der Waals surface area (Å²) in [6, 6.07) is 8.13. The van der Waals surface area contributed by atoms with Crippen LogP contribution in [0, 0.1) is 0 Å². The number of hydrogen-bond donors (Lipinski definition) is 2. The standard InChI is InChI=1S/C20H31N3O3.HI/c1-20(2,3)26-18(24)11-5-4-8-13-22-19(21)23-16-12-14-25-17-10-7-6-9-15(16)17;/h6-7,9-10,16H,4-5,8,11-14H2,1-3H3,(H3,21,22,23);1H. The van der Waals surface area contributed by atoms with E-state index >= 15 is 0 Å². The molecule has 0 saturated heterocycles. The molecule has 27 heavy (non-hydrogen) atoms. The second kappa shape index (κ2) is 11.4. The highest BCUT2D eigenvalue weighted by atomic mass is 127. The predicted molar refractivity (Wildman–Crippen MR) is 119 cm³/mol. The van der Waals surface area contributed by atoms with Gasteiger partial charge in [-0.3, -0.25) is 9.79 Å². The molecule has 1 aromatic carbocycles. The summed E-state index contributed by atoms with van der Waals surface area (Å²) < 4.78 is 10.9. The topological polar surface area (TPSA) is 85.9 Å². The first-order valence-corrected chi connectivity index (χ1v) is 9.35. The molecule has 0 spiro atoms. The molecule has 1 aliphatic heterocycles. The number of para-hydroxylation sites is 1. The van der Waals surface area contributed by atoms with Gasteiger partial charge in [0.05, 0.1) is 12.6 Å². The summed E-state index contributed by atoms with van der Waals surface area (Å²) in [5.74, 6) is 1.23. The quantitative estimate of drug-likeness (QED) is 0.199. The second-order valence-corrected chi connectivity index (χ2v) is 7.54. The van der Waals surface area contributed by atoms with Gasteiger partial charge in [-0.25, -0.2) is 0 Å². The average molecular weight is 489 g/mol. The molecule has 2 rings (SSSR count). The van der Waals surface area contributed by atoms with Crippen molar-refractivity contribution >= 4 is 35.9 Å². The second-order valence-electron chi connectivity index (χ2n) is 7.54. The number of nitrogens with two attached hydrogens (primary N) is 1. The molecule has 1 atom stereocenters. The molecule has 0 fully saturated rings. The summed E-state index contributed by atoms with van der Waals surface area (Å²) in [5.41, 5.74) is 6.73. The van der Waals surface area contributed by atoms with Crippen LogP contribution in [0.2, 0.25) is 0 Å². The maximum absolute atomic E-state index is 11.6. The Morgan fingerprint density at radius 1 is 1.30 bits per heavy atom. The smallest absolute Gasteiger partial charge is 0.306 e. The lowest BCUT2D eigenvalue weighted by atomic mass is 10.0. The molecule has 1 aliphatic rings. The van der Waals surface area contributed by atoms with Gasteiger partial charge in [0.1, 0.15) is 11.4 Å². The summed E-state index contributed by atoms with van der Waals surface area (Å²) in [6.07, 6.45) is 3.95. The Labute approximate surface area is 179 Å². The van der Waals surface area contributed by atoms with Crippen LogP contribution in [-0.4, -0.2) is 30.7 Å². The number of hydrogen-bond acceptors (Lipinski definition) is 4. The average Bonchev–Trinajstić information content (AvgIpc) is 2.57. The van der Waals surface area contributed by atoms with E-state index in [1.807, 2.05) is 39.0 Å². The molecule has 0 bridgehead atoms. The molecule has 0 saturated carbocycles. The zero-order valence-electron chi connectivity index (χ0n) is 16.5. The number of nitrogens with one attached hydrogen (secondary N) is 1. The third-order valence-corrected chi connectivity index (χ3v) is 4.02. The fourth-order valence-electron chi connectivity index (χ4n) is 2.87. The zero-order valence-corrected chi connectivity index (χ0v) is 18.8. The Kier molecular flexibility index (Phi) is 9.90. The summed E-state index contributed by atoms with van der Waals surface area (Å²) in [6.45, 7) is 6.97. The third-order valence-electron chi connectivity index (χ3n) is 4.02. The van der Waals surface area contributed by atoms with Gasteiger partial charge >= 0.3 is 5.97 Å². The fraction of sp³-hybridized carbons (Fsp3) is 0.600. The number of unbranched alkanes of at least 4 members (excludes halogenated alkanes) is 2. The predicted octanol–water partition coefficient (Wildman–Crippen LogP) is 3.93. The number of benzene rings is 1. The van der Waals surface area contributed by atoms with Crippen molar-refractivity contribution in [2.75, 3.05) is 13.2 Å². The van der Waals surface area contributed by atoms with Crippen molar-refractivity contribution in [3.8, 4) is 5.75 Å². The Morgan fingerprint density at radius 2 is 2.04 bits per heavy atom. The van der Waals surface area contributed by atoms with Crippen LogP contribution in [0.5, 0.6) is 5.75 Å². The Hall–Kier alpha value is -1.51. The van der Waals surface area contributed by atoms with Crippen molar-refractivity contribution in [2.45, 2.75) is 64.5 Å². The molecule has 152 valence electrons. The van der Waals surface area contributed by atoms with Crippen molar-refractivity contribution < 1.29 is 14.3 Å². The lowest BCUT2D eigenvalue weighted by Gasteiger charge is -2.26. The first-order chi connectivity index (χ1) is 12.3. The van der Waals surface area contributed by atoms with Crippen LogP contribution in [0.15, 0.2) is 29.3 Å². The van der Waals surface area contributed by atoms with Gasteiger partial charge in [0.25, 0.3) is 0 Å². The van der Waals surface area contributed by atoms with Crippen LogP contribution < -0.4 is 15.8 Å². The molecule has 3 N–H and O–H groups in total. The van der Waals surface area contributed by atoms with Gasteiger partial charge in [-0.1, -0.05) is 24.6 Å². The number of esters is 1. The van der Waals surface area contributed by atoms with Crippen LogP contribution in [0.3, 0.4) is 0 Å². The summed E-state index contributed by atoms with van der Waals surface area (Å²) in [4.78, 5) is 16.0. The molecule has 1 unspecified atom stereocenters. The van der Waals surface area contributed by atoms with Crippen molar-refractivity contribution in [3.05, 3.63) is 29.8 Å². The van der Waals surface area contributed by atoms with Gasteiger partial charge < -0.3 is 20.5 Å². The van der Waals surface area contributed by atoms with E-state index in [1.165, 1.54) is 0 Å². The van der Waals surface area contributed by atoms with Gasteiger partial charge in [-0.2, -0.15) is 0 Å². The number of fused-ring (bicyclic) bond motifs is 1. The molecular weight excluding hydrogens is 457 g/mol. The Balaban J connectivity index is 0.00000364. The van der Waals surface area contributed by atoms with E-state index in [1.54, 1.807) is 0 Å². The molecule has 1 heterocycles. The number of ether oxygens (including phenoxy) is 2. The maximum atomic E-state index is 11.6. The number of carbonyl (C=O) groups excluding carboxylic acids is 1. The monoisotopic (exact) mass is 489 g/mol. The van der Waals surface area contributed by atoms with Gasteiger partial charge in [0.15, 0.2) is 5.96 Å². The number of aliphatic imine (C=N–C) groups is 1. The van der Waals surface area contributed by atoms with Crippen LogP contribution in [0.4, 0.5) is 0 Å². The van der Waals surface area contributed by atoms with E-state index in [0.29, 0.717) is 25.5 Å². The van der Waals surface area contributed by atoms with Crippen molar-refractivity contribution in [1.82, 2.24) is 5.32 Å². The van der Waals surface area contributed by atoms with E-state index in [0.717, 1.165) is 37.0 Å². The van der Waals surface area contributed by atoms with E-state index < -0.39 is 5.60 Å². The van der Waals surface area contributed by atoms with Gasteiger partial charge in [-0.05, 0) is 39.7 Å². The molecule has 0 amide bonds. The van der Waals surface area contributed by atoms with Crippen molar-refractivity contribution in [3.63, 3.8) is 0 Å². The lowest BCUT2D eigenvalue weighted by Crippen LogP contribution is -2.37. The summed E-state index contributed by atoms with van der Waals surface area (Å²) in [7, 11) is 0. The largest absolute Gasteiger partial charge is 0.493 e. The Morgan fingerprint density at radius 3 is 2.78 bits per heavy atom. The highest BCUT2D eigenvalue weighted by molar-refractivity contribution is 14.0. The van der Waals surface area contributed by atoms with Gasteiger partial charge in [-0.15, -0.1) is 24.0 Å². The number of rotatable bonds is 7. The molecule has 1 aromatic rings. The first-order valence-electron chi connectivity index (χ1n) is 9.35. The molecule has 0 aromatic heterocycles. The van der Waals surface area contributed by atoms with Gasteiger partial charge in [0, 0.05) is 24.9 Å². The summed E-state index contributed by atoms with van der Waals surface area (Å²) in [5, 5.41) is 3.28. The number of halogens is 1. The number of nitrogens with zero attached hydrogens (tertiary/aromatic N) is 1. The summed E-state index contributed by atoms with van der Waals surface area (Å²) >= 11 is 0. The number of guanidine groups is 1. The zero-order chi connectivity index (χ0) is 19.0. The van der Waals surface area contributed by atoms with E-state index in [-0.39, 0.29) is 36.0 Å². The van der Waals surface area contributed by atoms with E-state index in [2.05, 4.69) is 16.4 Å². The third kappa shape index (κ3) is 8.81. The minimum absolute atomic E-state index is 0. The van der Waals surface area contributed by atoms with E-state index in [4.69, 9.17) is 15.2 Å². The maximum Gasteiger partial charge on any atom is 0.306 e. The number of carbonyl (C=O) groups is 1. The molecule has 6 nitrogen and oxygen atoms in total. The van der Waals surface area contributed by atoms with Crippen molar-refractivity contribution in [2.24, 2.45) is 10.7 Å². The van der Waals surface area contributed by atoms with Crippen LogP contribution >= 0.6 is 24.0 Å². The molecule has 0 radical (unpaired) electrons. The SMILES string of the molecule is CC(C)(C)OC(=O)CCCCCN=C(N)NC1CCOc2ccccc21.I. The minimum atomic E-state index is -0.412.